The van der Waals surface area contributed by atoms with E-state index in [9.17, 15) is 4.79 Å². The van der Waals surface area contributed by atoms with Gasteiger partial charge in [-0.1, -0.05) is 24.6 Å². The van der Waals surface area contributed by atoms with Gasteiger partial charge in [-0.25, -0.2) is 0 Å². The lowest BCUT2D eigenvalue weighted by atomic mass is 9.96. The first-order valence-corrected chi connectivity index (χ1v) is 5.71. The number of nitrogens with one attached hydrogen (secondary N) is 1. The third-order valence-corrected chi connectivity index (χ3v) is 3.04. The number of aromatic amines is 1. The number of rotatable bonds is 3. The Kier molecular flexibility index (Phi) is 3.01. The fourth-order valence-corrected chi connectivity index (χ4v) is 2.24. The third kappa shape index (κ3) is 2.12. The maximum absolute atomic E-state index is 11.1. The number of carbonyl (C=O) groups excluding carboxylic acids is 1. The molecule has 0 spiro atoms. The average molecular weight is 236 g/mol. The van der Waals surface area contributed by atoms with Crippen LogP contribution >= 0.6 is 11.6 Å². The summed E-state index contributed by atoms with van der Waals surface area (Å²) in [6.45, 7) is 3.70. The molecule has 0 saturated heterocycles. The molecule has 1 N–H and O–H groups in total. The SMILES string of the molecule is CC(=O)CC(C)c1c[nH]c2cc(Cl)ccc12. The van der Waals surface area contributed by atoms with Gasteiger partial charge >= 0.3 is 0 Å². The molecule has 0 radical (unpaired) electrons. The topological polar surface area (TPSA) is 32.9 Å². The van der Waals surface area contributed by atoms with Crippen molar-refractivity contribution in [2.75, 3.05) is 0 Å². The first kappa shape index (κ1) is 11.2. The summed E-state index contributed by atoms with van der Waals surface area (Å²) in [5.41, 5.74) is 2.21. The zero-order valence-corrected chi connectivity index (χ0v) is 10.1. The van der Waals surface area contributed by atoms with Crippen LogP contribution in [0.15, 0.2) is 24.4 Å². The molecule has 1 heterocycles. The molecule has 1 aromatic carbocycles. The molecule has 1 aromatic heterocycles. The minimum Gasteiger partial charge on any atom is -0.361 e. The van der Waals surface area contributed by atoms with Crippen LogP contribution in [0.2, 0.25) is 5.02 Å². The lowest BCUT2D eigenvalue weighted by Gasteiger charge is -2.07. The van der Waals surface area contributed by atoms with Gasteiger partial charge in [-0.3, -0.25) is 0 Å². The summed E-state index contributed by atoms with van der Waals surface area (Å²) in [5.74, 6) is 0.461. The molecule has 2 aromatic rings. The fourth-order valence-electron chi connectivity index (χ4n) is 2.07. The Labute approximate surface area is 99.6 Å². The molecule has 0 fully saturated rings. The van der Waals surface area contributed by atoms with Crippen molar-refractivity contribution in [2.45, 2.75) is 26.2 Å². The van der Waals surface area contributed by atoms with E-state index < -0.39 is 0 Å². The summed E-state index contributed by atoms with van der Waals surface area (Å²) >= 11 is 5.92. The first-order chi connectivity index (χ1) is 7.58. The number of aromatic nitrogens is 1. The molecule has 0 amide bonds. The van der Waals surface area contributed by atoms with Crippen LogP contribution < -0.4 is 0 Å². The van der Waals surface area contributed by atoms with Crippen LogP contribution in [0.3, 0.4) is 0 Å². The highest BCUT2D eigenvalue weighted by atomic mass is 35.5. The van der Waals surface area contributed by atoms with Crippen molar-refractivity contribution >= 4 is 28.3 Å². The summed E-state index contributed by atoms with van der Waals surface area (Å²) in [5, 5.41) is 1.87. The number of halogens is 1. The number of hydrogen-bond donors (Lipinski definition) is 1. The van der Waals surface area contributed by atoms with Crippen LogP contribution in [-0.2, 0) is 4.79 Å². The van der Waals surface area contributed by atoms with Gasteiger partial charge in [0, 0.05) is 28.5 Å². The maximum atomic E-state index is 11.1. The highest BCUT2D eigenvalue weighted by Crippen LogP contribution is 2.29. The van der Waals surface area contributed by atoms with Crippen molar-refractivity contribution in [3.05, 3.63) is 35.0 Å². The minimum atomic E-state index is 0.218. The summed E-state index contributed by atoms with van der Waals surface area (Å²) < 4.78 is 0. The zero-order chi connectivity index (χ0) is 11.7. The molecule has 84 valence electrons. The molecule has 3 heteroatoms. The van der Waals surface area contributed by atoms with Crippen molar-refractivity contribution in [3.8, 4) is 0 Å². The summed E-state index contributed by atoms with van der Waals surface area (Å²) in [4.78, 5) is 14.3. The predicted molar refractivity (Wildman–Crippen MR) is 67.0 cm³/mol. The van der Waals surface area contributed by atoms with Crippen molar-refractivity contribution in [2.24, 2.45) is 0 Å². The van der Waals surface area contributed by atoms with Crippen molar-refractivity contribution in [3.63, 3.8) is 0 Å². The molecule has 1 unspecified atom stereocenters. The number of benzene rings is 1. The van der Waals surface area contributed by atoms with Crippen molar-refractivity contribution in [1.29, 1.82) is 0 Å². The molecule has 0 saturated carbocycles. The Morgan fingerprint density at radius 1 is 1.50 bits per heavy atom. The average Bonchev–Trinajstić information content (AvgIpc) is 2.59. The number of fused-ring (bicyclic) bond motifs is 1. The summed E-state index contributed by atoms with van der Waals surface area (Å²) in [6, 6.07) is 5.78. The van der Waals surface area contributed by atoms with E-state index in [1.807, 2.05) is 24.4 Å². The molecular weight excluding hydrogens is 222 g/mol. The van der Waals surface area contributed by atoms with Gasteiger partial charge in [-0.2, -0.15) is 0 Å². The second-order valence-corrected chi connectivity index (χ2v) is 4.68. The molecule has 1 atom stereocenters. The van der Waals surface area contributed by atoms with Gasteiger partial charge in [0.15, 0.2) is 0 Å². The standard InChI is InChI=1S/C13H14ClNO/c1-8(5-9(2)16)12-7-15-13-6-10(14)3-4-11(12)13/h3-4,6-8,15H,5H2,1-2H3. The van der Waals surface area contributed by atoms with Crippen LogP contribution in [0.5, 0.6) is 0 Å². The van der Waals surface area contributed by atoms with Gasteiger partial charge in [-0.15, -0.1) is 0 Å². The quantitative estimate of drug-likeness (QED) is 0.860. The van der Waals surface area contributed by atoms with E-state index in [1.165, 1.54) is 5.56 Å². The molecule has 0 aliphatic heterocycles. The number of ketones is 1. The highest BCUT2D eigenvalue weighted by Gasteiger charge is 2.12. The van der Waals surface area contributed by atoms with Crippen LogP contribution in [0.4, 0.5) is 0 Å². The summed E-state index contributed by atoms with van der Waals surface area (Å²) in [6.07, 6.45) is 2.55. The van der Waals surface area contributed by atoms with Gasteiger partial charge < -0.3 is 9.78 Å². The van der Waals surface area contributed by atoms with Gasteiger partial charge in [0.25, 0.3) is 0 Å². The van der Waals surface area contributed by atoms with E-state index in [4.69, 9.17) is 11.6 Å². The van der Waals surface area contributed by atoms with E-state index in [0.29, 0.717) is 6.42 Å². The molecule has 2 nitrogen and oxygen atoms in total. The van der Waals surface area contributed by atoms with Crippen molar-refractivity contribution < 1.29 is 4.79 Å². The summed E-state index contributed by atoms with van der Waals surface area (Å²) in [7, 11) is 0. The normalized spacial score (nSPS) is 12.9. The lowest BCUT2D eigenvalue weighted by molar-refractivity contribution is -0.117. The van der Waals surface area contributed by atoms with Crippen molar-refractivity contribution in [1.82, 2.24) is 4.98 Å². The van der Waals surface area contributed by atoms with Gasteiger partial charge in [0.2, 0.25) is 0 Å². The maximum Gasteiger partial charge on any atom is 0.130 e. The van der Waals surface area contributed by atoms with Crippen LogP contribution in [0.25, 0.3) is 10.9 Å². The monoisotopic (exact) mass is 235 g/mol. The van der Waals surface area contributed by atoms with Crippen LogP contribution in [-0.4, -0.2) is 10.8 Å². The molecule has 0 aliphatic carbocycles. The van der Waals surface area contributed by atoms with E-state index >= 15 is 0 Å². The highest BCUT2D eigenvalue weighted by molar-refractivity contribution is 6.31. The Hall–Kier alpha value is -1.28. The van der Waals surface area contributed by atoms with E-state index in [-0.39, 0.29) is 11.7 Å². The largest absolute Gasteiger partial charge is 0.361 e. The van der Waals surface area contributed by atoms with E-state index in [2.05, 4.69) is 11.9 Å². The fraction of sp³-hybridized carbons (Fsp3) is 0.308. The Morgan fingerprint density at radius 2 is 2.25 bits per heavy atom. The van der Waals surface area contributed by atoms with E-state index in [1.54, 1.807) is 6.92 Å². The lowest BCUT2D eigenvalue weighted by Crippen LogP contribution is -1.99. The minimum absolute atomic E-state index is 0.218. The molecule has 16 heavy (non-hydrogen) atoms. The van der Waals surface area contributed by atoms with Crippen LogP contribution in [0.1, 0.15) is 31.7 Å². The Bertz CT molecular complexity index is 530. The van der Waals surface area contributed by atoms with Gasteiger partial charge in [0.1, 0.15) is 5.78 Å². The Balaban J connectivity index is 2.41. The van der Waals surface area contributed by atoms with Crippen LogP contribution in [0, 0.1) is 0 Å². The first-order valence-electron chi connectivity index (χ1n) is 5.34. The number of Topliss-reactive ketones (excluding diaryl/α,β-unsaturated/α-hetero) is 1. The van der Waals surface area contributed by atoms with E-state index in [0.717, 1.165) is 15.9 Å². The number of carbonyl (C=O) groups is 1. The zero-order valence-electron chi connectivity index (χ0n) is 9.38. The Morgan fingerprint density at radius 3 is 2.94 bits per heavy atom. The predicted octanol–water partition coefficient (Wildman–Crippen LogP) is 3.90. The van der Waals surface area contributed by atoms with Gasteiger partial charge in [0.05, 0.1) is 0 Å². The van der Waals surface area contributed by atoms with Gasteiger partial charge in [-0.05, 0) is 30.5 Å². The third-order valence-electron chi connectivity index (χ3n) is 2.80. The number of hydrogen-bond acceptors (Lipinski definition) is 1. The number of H-pyrrole nitrogens is 1. The second-order valence-electron chi connectivity index (χ2n) is 4.24. The molecule has 0 aliphatic rings. The molecule has 2 rings (SSSR count). The second kappa shape index (κ2) is 4.30. The molecule has 0 bridgehead atoms. The molecular formula is C13H14ClNO. The smallest absolute Gasteiger partial charge is 0.130 e.